The Morgan fingerprint density at radius 1 is 1.00 bits per heavy atom. The number of rotatable bonds is 3. The molecule has 0 radical (unpaired) electrons. The van der Waals surface area contributed by atoms with Crippen molar-refractivity contribution in [2.75, 3.05) is 5.73 Å². The first-order valence-corrected chi connectivity index (χ1v) is 7.95. The topological polar surface area (TPSA) is 43.1 Å². The van der Waals surface area contributed by atoms with Crippen LogP contribution < -0.4 is 5.73 Å². The predicted octanol–water partition coefficient (Wildman–Crippen LogP) is 5.25. The maximum atomic E-state index is 12.6. The van der Waals surface area contributed by atoms with Gasteiger partial charge in [-0.15, -0.1) is 0 Å². The van der Waals surface area contributed by atoms with Crippen molar-refractivity contribution < 1.29 is 18.0 Å². The van der Waals surface area contributed by atoms with Crippen LogP contribution in [0.3, 0.4) is 0 Å². The van der Waals surface area contributed by atoms with E-state index in [9.17, 15) is 18.0 Å². The van der Waals surface area contributed by atoms with Gasteiger partial charge in [0.1, 0.15) is 0 Å². The van der Waals surface area contributed by atoms with E-state index in [2.05, 4.69) is 0 Å². The number of alkyl halides is 3. The van der Waals surface area contributed by atoms with Gasteiger partial charge in [0.05, 0.1) is 11.3 Å². The van der Waals surface area contributed by atoms with E-state index in [1.807, 2.05) is 16.8 Å². The van der Waals surface area contributed by atoms with Gasteiger partial charge in [0.25, 0.3) is 0 Å². The lowest BCUT2D eigenvalue weighted by atomic mass is 9.96. The molecule has 0 atom stereocenters. The highest BCUT2D eigenvalue weighted by molar-refractivity contribution is 7.08. The van der Waals surface area contributed by atoms with Crippen molar-refractivity contribution >= 4 is 22.8 Å². The van der Waals surface area contributed by atoms with Crippen LogP contribution in [0.5, 0.6) is 0 Å². The molecule has 0 amide bonds. The lowest BCUT2D eigenvalue weighted by Gasteiger charge is -2.11. The molecular formula is C18H12F3NOS. The van der Waals surface area contributed by atoms with E-state index in [1.165, 1.54) is 23.5 Å². The van der Waals surface area contributed by atoms with Gasteiger partial charge in [0.2, 0.25) is 0 Å². The molecule has 1 aromatic heterocycles. The number of ketones is 1. The van der Waals surface area contributed by atoms with Gasteiger partial charge in [-0.3, -0.25) is 4.79 Å². The van der Waals surface area contributed by atoms with E-state index in [-0.39, 0.29) is 11.1 Å². The summed E-state index contributed by atoms with van der Waals surface area (Å²) in [7, 11) is 0. The first kappa shape index (κ1) is 16.3. The van der Waals surface area contributed by atoms with Crippen molar-refractivity contribution in [2.24, 2.45) is 0 Å². The van der Waals surface area contributed by atoms with Gasteiger partial charge in [-0.2, -0.15) is 24.5 Å². The van der Waals surface area contributed by atoms with Crippen molar-refractivity contribution in [1.82, 2.24) is 0 Å². The molecule has 0 aliphatic rings. The largest absolute Gasteiger partial charge is 0.416 e. The van der Waals surface area contributed by atoms with Crippen LogP contribution in [0.2, 0.25) is 0 Å². The first-order valence-electron chi connectivity index (χ1n) is 7.01. The lowest BCUT2D eigenvalue weighted by molar-refractivity contribution is -0.137. The maximum absolute atomic E-state index is 12.6. The molecule has 0 fully saturated rings. The van der Waals surface area contributed by atoms with E-state index in [0.717, 1.165) is 23.3 Å². The number of para-hydroxylation sites is 1. The van der Waals surface area contributed by atoms with E-state index >= 15 is 0 Å². The van der Waals surface area contributed by atoms with Crippen LogP contribution in [0.25, 0.3) is 11.1 Å². The molecule has 3 rings (SSSR count). The zero-order valence-corrected chi connectivity index (χ0v) is 13.1. The molecule has 122 valence electrons. The summed E-state index contributed by atoms with van der Waals surface area (Å²) in [6.45, 7) is 0. The Balaban J connectivity index is 1.98. The van der Waals surface area contributed by atoms with Crippen LogP contribution in [-0.4, -0.2) is 5.78 Å². The van der Waals surface area contributed by atoms with Gasteiger partial charge in [-0.25, -0.2) is 0 Å². The van der Waals surface area contributed by atoms with E-state index in [4.69, 9.17) is 5.73 Å². The van der Waals surface area contributed by atoms with Crippen LogP contribution in [0.4, 0.5) is 18.9 Å². The van der Waals surface area contributed by atoms with Gasteiger partial charge in [-0.1, -0.05) is 24.3 Å². The van der Waals surface area contributed by atoms with Crippen molar-refractivity contribution in [3.05, 3.63) is 76.0 Å². The zero-order chi connectivity index (χ0) is 17.3. The molecule has 0 saturated heterocycles. The Kier molecular flexibility index (Phi) is 4.15. The van der Waals surface area contributed by atoms with Crippen LogP contribution >= 0.6 is 11.3 Å². The summed E-state index contributed by atoms with van der Waals surface area (Å²) >= 11 is 1.51. The van der Waals surface area contributed by atoms with Gasteiger partial charge in [0.15, 0.2) is 5.78 Å². The molecule has 0 unspecified atom stereocenters. The van der Waals surface area contributed by atoms with E-state index in [1.54, 1.807) is 18.2 Å². The van der Waals surface area contributed by atoms with Crippen molar-refractivity contribution in [3.63, 3.8) is 0 Å². The normalized spacial score (nSPS) is 11.5. The minimum Gasteiger partial charge on any atom is -0.398 e. The Labute approximate surface area is 140 Å². The molecule has 2 N–H and O–H groups in total. The Hall–Kier alpha value is -2.60. The predicted molar refractivity (Wildman–Crippen MR) is 89.0 cm³/mol. The second-order valence-corrected chi connectivity index (χ2v) is 5.96. The first-order chi connectivity index (χ1) is 11.4. The SMILES string of the molecule is Nc1c(C(=O)c2ccc(C(F)(F)F)cc2)cccc1-c1ccsc1. The second kappa shape index (κ2) is 6.13. The van der Waals surface area contributed by atoms with Crippen molar-refractivity contribution in [1.29, 1.82) is 0 Å². The molecule has 1 heterocycles. The standard InChI is InChI=1S/C18H12F3NOS/c19-18(20,21)13-6-4-11(5-7-13)17(23)15-3-1-2-14(16(15)22)12-8-9-24-10-12/h1-10H,22H2. The average molecular weight is 347 g/mol. The fraction of sp³-hybridized carbons (Fsp3) is 0.0556. The number of anilines is 1. The lowest BCUT2D eigenvalue weighted by Crippen LogP contribution is -2.08. The number of nitrogens with two attached hydrogens (primary N) is 1. The maximum Gasteiger partial charge on any atom is 0.416 e. The molecule has 0 spiro atoms. The number of carbonyl (C=O) groups excluding carboxylic acids is 1. The molecule has 0 aliphatic carbocycles. The second-order valence-electron chi connectivity index (χ2n) is 5.18. The molecule has 3 aromatic rings. The zero-order valence-electron chi connectivity index (χ0n) is 12.3. The van der Waals surface area contributed by atoms with Gasteiger partial charge < -0.3 is 5.73 Å². The number of thiophene rings is 1. The van der Waals surface area contributed by atoms with Crippen LogP contribution in [0.15, 0.2) is 59.3 Å². The summed E-state index contributed by atoms with van der Waals surface area (Å²) in [5.41, 5.74) is 7.72. The minimum absolute atomic E-state index is 0.164. The Morgan fingerprint density at radius 3 is 2.29 bits per heavy atom. The number of halogens is 3. The Bertz CT molecular complexity index is 868. The highest BCUT2D eigenvalue weighted by Gasteiger charge is 2.30. The summed E-state index contributed by atoms with van der Waals surface area (Å²) in [5, 5.41) is 3.82. The van der Waals surface area contributed by atoms with Crippen molar-refractivity contribution in [2.45, 2.75) is 6.18 Å². The summed E-state index contributed by atoms with van der Waals surface area (Å²) in [5.74, 6) is -0.404. The van der Waals surface area contributed by atoms with Crippen LogP contribution in [0, 0.1) is 0 Å². The third kappa shape index (κ3) is 3.05. The van der Waals surface area contributed by atoms with Crippen LogP contribution in [-0.2, 0) is 6.18 Å². The molecule has 2 aromatic carbocycles. The smallest absolute Gasteiger partial charge is 0.398 e. The highest BCUT2D eigenvalue weighted by Crippen LogP contribution is 2.32. The van der Waals surface area contributed by atoms with E-state index in [0.29, 0.717) is 5.69 Å². The number of benzene rings is 2. The third-order valence-electron chi connectivity index (χ3n) is 3.66. The number of hydrogen-bond acceptors (Lipinski definition) is 3. The van der Waals surface area contributed by atoms with Crippen LogP contribution in [0.1, 0.15) is 21.5 Å². The summed E-state index contributed by atoms with van der Waals surface area (Å²) in [6.07, 6.45) is -4.43. The van der Waals surface area contributed by atoms with Gasteiger partial charge in [0, 0.05) is 16.7 Å². The Morgan fingerprint density at radius 2 is 1.71 bits per heavy atom. The summed E-state index contributed by atoms with van der Waals surface area (Å²) in [4.78, 5) is 12.6. The fourth-order valence-electron chi connectivity index (χ4n) is 2.40. The third-order valence-corrected chi connectivity index (χ3v) is 4.34. The summed E-state index contributed by atoms with van der Waals surface area (Å²) < 4.78 is 37.8. The number of hydrogen-bond donors (Lipinski definition) is 1. The van der Waals surface area contributed by atoms with Gasteiger partial charge >= 0.3 is 6.18 Å². The molecule has 0 aliphatic heterocycles. The monoisotopic (exact) mass is 347 g/mol. The minimum atomic E-state index is -4.43. The van der Waals surface area contributed by atoms with Crippen molar-refractivity contribution in [3.8, 4) is 11.1 Å². The molecular weight excluding hydrogens is 335 g/mol. The molecule has 24 heavy (non-hydrogen) atoms. The number of nitrogen functional groups attached to an aromatic ring is 1. The molecule has 0 bridgehead atoms. The average Bonchev–Trinajstić information content (AvgIpc) is 3.08. The fourth-order valence-corrected chi connectivity index (χ4v) is 3.05. The van der Waals surface area contributed by atoms with Gasteiger partial charge in [-0.05, 0) is 40.6 Å². The highest BCUT2D eigenvalue weighted by atomic mass is 32.1. The number of carbonyl (C=O) groups is 1. The quantitative estimate of drug-likeness (QED) is 0.520. The summed E-state index contributed by atoms with van der Waals surface area (Å²) in [6, 6.07) is 11.1. The molecule has 6 heteroatoms. The molecule has 0 saturated carbocycles. The van der Waals surface area contributed by atoms with E-state index < -0.39 is 17.5 Å². The molecule has 2 nitrogen and oxygen atoms in total.